The van der Waals surface area contributed by atoms with Crippen molar-refractivity contribution in [2.75, 3.05) is 13.2 Å². The van der Waals surface area contributed by atoms with E-state index < -0.39 is 10.0 Å². The number of halogens is 1. The molecule has 0 atom stereocenters. The van der Waals surface area contributed by atoms with Gasteiger partial charge in [-0.25, -0.2) is 13.1 Å². The number of ether oxygens (including phenoxy) is 1. The lowest BCUT2D eigenvalue weighted by atomic mass is 10.2. The Kier molecular flexibility index (Phi) is 5.84. The van der Waals surface area contributed by atoms with Crippen LogP contribution < -0.4 is 4.72 Å². The van der Waals surface area contributed by atoms with E-state index in [9.17, 15) is 8.42 Å². The Bertz CT molecular complexity index is 514. The number of benzene rings is 1. The van der Waals surface area contributed by atoms with E-state index in [4.69, 9.17) is 4.74 Å². The minimum atomic E-state index is -3.44. The van der Waals surface area contributed by atoms with Gasteiger partial charge in [0.05, 0.1) is 17.8 Å². The summed E-state index contributed by atoms with van der Waals surface area (Å²) in [4.78, 5) is 0.271. The summed E-state index contributed by atoms with van der Waals surface area (Å²) in [7, 11) is -3.44. The Balaban J connectivity index is 2.62. The average molecular weight is 334 g/mol. The zero-order chi connectivity index (χ0) is 13.6. The number of hydrogen-bond acceptors (Lipinski definition) is 3. The fourth-order valence-electron chi connectivity index (χ4n) is 1.31. The fourth-order valence-corrected chi connectivity index (χ4v) is 2.72. The first-order valence-electron chi connectivity index (χ1n) is 5.45. The van der Waals surface area contributed by atoms with Gasteiger partial charge in [-0.3, -0.25) is 0 Å². The van der Waals surface area contributed by atoms with Crippen LogP contribution in [-0.4, -0.2) is 21.6 Å². The Hall–Kier alpha value is -0.850. The molecule has 0 radical (unpaired) electrons. The summed E-state index contributed by atoms with van der Waals surface area (Å²) in [5.41, 5.74) is 0.882. The van der Waals surface area contributed by atoms with Gasteiger partial charge in [-0.05, 0) is 37.1 Å². The standard InChI is InChI=1S/C12H16BrNO3S/c1-3-17-8-4-7-14-18(15,16)11-5-6-12(13)10(2)9-11/h3,5-6,9,14H,1,4,7-8H2,2H3. The maximum Gasteiger partial charge on any atom is 0.240 e. The van der Waals surface area contributed by atoms with Gasteiger partial charge in [-0.15, -0.1) is 0 Å². The van der Waals surface area contributed by atoms with Crippen molar-refractivity contribution < 1.29 is 13.2 Å². The molecule has 0 spiro atoms. The first-order chi connectivity index (χ1) is 8.47. The van der Waals surface area contributed by atoms with Gasteiger partial charge in [0.25, 0.3) is 0 Å². The second-order valence-electron chi connectivity index (χ2n) is 3.70. The van der Waals surface area contributed by atoms with Gasteiger partial charge in [0.1, 0.15) is 0 Å². The van der Waals surface area contributed by atoms with E-state index in [0.717, 1.165) is 10.0 Å². The monoisotopic (exact) mass is 333 g/mol. The Morgan fingerprint density at radius 2 is 2.22 bits per heavy atom. The highest BCUT2D eigenvalue weighted by Gasteiger charge is 2.13. The maximum absolute atomic E-state index is 11.9. The minimum absolute atomic E-state index is 0.271. The molecule has 0 amide bonds. The predicted molar refractivity (Wildman–Crippen MR) is 74.8 cm³/mol. The molecule has 1 aromatic rings. The molecule has 0 saturated heterocycles. The molecule has 18 heavy (non-hydrogen) atoms. The van der Waals surface area contributed by atoms with Crippen molar-refractivity contribution in [3.05, 3.63) is 41.1 Å². The normalized spacial score (nSPS) is 11.2. The molecular weight excluding hydrogens is 318 g/mol. The maximum atomic E-state index is 11.9. The number of nitrogens with one attached hydrogen (secondary N) is 1. The molecule has 0 fully saturated rings. The second kappa shape index (κ2) is 6.92. The van der Waals surface area contributed by atoms with Crippen LogP contribution in [0.5, 0.6) is 0 Å². The van der Waals surface area contributed by atoms with E-state index in [1.165, 1.54) is 6.26 Å². The van der Waals surface area contributed by atoms with Crippen LogP contribution in [0.2, 0.25) is 0 Å². The quantitative estimate of drug-likeness (QED) is 0.616. The van der Waals surface area contributed by atoms with E-state index in [2.05, 4.69) is 27.2 Å². The van der Waals surface area contributed by atoms with Crippen LogP contribution >= 0.6 is 15.9 Å². The molecule has 0 heterocycles. The third-order valence-corrected chi connectivity index (χ3v) is 4.64. The molecule has 0 aromatic heterocycles. The smallest absolute Gasteiger partial charge is 0.240 e. The molecular formula is C12H16BrNO3S. The van der Waals surface area contributed by atoms with Gasteiger partial charge in [0.2, 0.25) is 10.0 Å². The van der Waals surface area contributed by atoms with Gasteiger partial charge in [-0.2, -0.15) is 0 Å². The SMILES string of the molecule is C=COCCCNS(=O)(=O)c1ccc(Br)c(C)c1. The molecule has 0 bridgehead atoms. The minimum Gasteiger partial charge on any atom is -0.502 e. The lowest BCUT2D eigenvalue weighted by molar-refractivity contribution is 0.247. The number of sulfonamides is 1. The second-order valence-corrected chi connectivity index (χ2v) is 6.32. The van der Waals surface area contributed by atoms with Crippen LogP contribution in [0.1, 0.15) is 12.0 Å². The van der Waals surface area contributed by atoms with E-state index in [1.54, 1.807) is 18.2 Å². The van der Waals surface area contributed by atoms with Crippen LogP contribution in [0.15, 0.2) is 40.4 Å². The van der Waals surface area contributed by atoms with Crippen LogP contribution in [0.3, 0.4) is 0 Å². The van der Waals surface area contributed by atoms with Crippen molar-refractivity contribution in [2.24, 2.45) is 0 Å². The summed E-state index contributed by atoms with van der Waals surface area (Å²) in [5, 5.41) is 0. The fraction of sp³-hybridized carbons (Fsp3) is 0.333. The third-order valence-electron chi connectivity index (χ3n) is 2.29. The van der Waals surface area contributed by atoms with Crippen LogP contribution in [0.25, 0.3) is 0 Å². The summed E-state index contributed by atoms with van der Waals surface area (Å²) >= 11 is 3.34. The molecule has 0 saturated carbocycles. The summed E-state index contributed by atoms with van der Waals surface area (Å²) in [6.07, 6.45) is 1.94. The summed E-state index contributed by atoms with van der Waals surface area (Å²) < 4.78 is 32.2. The van der Waals surface area contributed by atoms with Crippen LogP contribution in [0.4, 0.5) is 0 Å². The summed E-state index contributed by atoms with van der Waals surface area (Å²) in [6, 6.07) is 4.93. The van der Waals surface area contributed by atoms with Crippen molar-refractivity contribution >= 4 is 26.0 Å². The molecule has 0 aliphatic heterocycles. The number of hydrogen-bond donors (Lipinski definition) is 1. The van der Waals surface area contributed by atoms with Crippen molar-refractivity contribution in [2.45, 2.75) is 18.2 Å². The highest BCUT2D eigenvalue weighted by Crippen LogP contribution is 2.19. The van der Waals surface area contributed by atoms with Gasteiger partial charge in [0, 0.05) is 11.0 Å². The van der Waals surface area contributed by atoms with E-state index >= 15 is 0 Å². The Morgan fingerprint density at radius 3 is 2.83 bits per heavy atom. The molecule has 6 heteroatoms. The molecule has 0 unspecified atom stereocenters. The molecule has 0 aliphatic rings. The van der Waals surface area contributed by atoms with Gasteiger partial charge < -0.3 is 4.74 Å². The highest BCUT2D eigenvalue weighted by molar-refractivity contribution is 9.10. The van der Waals surface area contributed by atoms with Gasteiger partial charge >= 0.3 is 0 Å². The summed E-state index contributed by atoms with van der Waals surface area (Å²) in [6.45, 7) is 6.04. The lowest BCUT2D eigenvalue weighted by Crippen LogP contribution is -2.25. The molecule has 4 nitrogen and oxygen atoms in total. The number of aryl methyl sites for hydroxylation is 1. The van der Waals surface area contributed by atoms with E-state index in [0.29, 0.717) is 19.6 Å². The van der Waals surface area contributed by atoms with Crippen molar-refractivity contribution in [3.8, 4) is 0 Å². The van der Waals surface area contributed by atoms with Crippen LogP contribution in [-0.2, 0) is 14.8 Å². The van der Waals surface area contributed by atoms with Crippen molar-refractivity contribution in [1.82, 2.24) is 4.72 Å². The lowest BCUT2D eigenvalue weighted by Gasteiger charge is -2.08. The predicted octanol–water partition coefficient (Wildman–Crippen LogP) is 2.59. The molecule has 0 aliphatic carbocycles. The number of rotatable bonds is 7. The topological polar surface area (TPSA) is 55.4 Å². The molecule has 100 valence electrons. The largest absolute Gasteiger partial charge is 0.502 e. The molecule has 1 N–H and O–H groups in total. The van der Waals surface area contributed by atoms with E-state index in [-0.39, 0.29) is 4.90 Å². The third kappa shape index (κ3) is 4.44. The zero-order valence-electron chi connectivity index (χ0n) is 10.1. The molecule has 1 rings (SSSR count). The first-order valence-corrected chi connectivity index (χ1v) is 7.73. The van der Waals surface area contributed by atoms with Gasteiger partial charge in [-0.1, -0.05) is 22.5 Å². The highest BCUT2D eigenvalue weighted by atomic mass is 79.9. The van der Waals surface area contributed by atoms with E-state index in [1.807, 2.05) is 6.92 Å². The summed E-state index contributed by atoms with van der Waals surface area (Å²) in [5.74, 6) is 0. The van der Waals surface area contributed by atoms with Crippen LogP contribution in [0, 0.1) is 6.92 Å². The van der Waals surface area contributed by atoms with Gasteiger partial charge in [0.15, 0.2) is 0 Å². The Morgan fingerprint density at radius 1 is 1.50 bits per heavy atom. The average Bonchev–Trinajstić information content (AvgIpc) is 2.32. The van der Waals surface area contributed by atoms with Crippen molar-refractivity contribution in [3.63, 3.8) is 0 Å². The first kappa shape index (κ1) is 15.2. The zero-order valence-corrected chi connectivity index (χ0v) is 12.6. The van der Waals surface area contributed by atoms with Crippen molar-refractivity contribution in [1.29, 1.82) is 0 Å². The Labute approximate surface area is 116 Å². The molecule has 1 aromatic carbocycles.